The molecule has 0 bridgehead atoms. The lowest BCUT2D eigenvalue weighted by molar-refractivity contribution is 0.231. The van der Waals surface area contributed by atoms with Crippen molar-refractivity contribution in [3.8, 4) is 23.0 Å². The number of anilines is 1. The quantitative estimate of drug-likeness (QED) is 0.676. The van der Waals surface area contributed by atoms with Crippen LogP contribution in [0.25, 0.3) is 0 Å². The zero-order valence-electron chi connectivity index (χ0n) is 18.1. The van der Waals surface area contributed by atoms with Gasteiger partial charge < -0.3 is 23.8 Å². The van der Waals surface area contributed by atoms with Gasteiger partial charge in [0.05, 0.1) is 28.4 Å². The lowest BCUT2D eigenvalue weighted by Crippen LogP contribution is -2.52. The standard InChI is InChI=1S/C23H32N2O4/c1-17-16-24(12-13-25(17)19-6-8-20(26-2)9-7-19)11-10-18-14-21(27-3)23(29-5)22(15-18)28-4/h6-9,14-15,17H,10-13,16H2,1-5H3/t17-/m1/s1. The van der Waals surface area contributed by atoms with Gasteiger partial charge in [0.25, 0.3) is 0 Å². The van der Waals surface area contributed by atoms with Crippen LogP contribution in [-0.2, 0) is 6.42 Å². The molecule has 1 atom stereocenters. The van der Waals surface area contributed by atoms with Crippen LogP contribution < -0.4 is 23.8 Å². The minimum absolute atomic E-state index is 0.456. The molecule has 0 N–H and O–H groups in total. The minimum atomic E-state index is 0.456. The summed E-state index contributed by atoms with van der Waals surface area (Å²) in [5, 5.41) is 0. The van der Waals surface area contributed by atoms with E-state index in [0.717, 1.165) is 38.3 Å². The summed E-state index contributed by atoms with van der Waals surface area (Å²) in [4.78, 5) is 4.99. The zero-order valence-corrected chi connectivity index (χ0v) is 18.1. The number of ether oxygens (including phenoxy) is 4. The summed E-state index contributed by atoms with van der Waals surface area (Å²) in [7, 11) is 6.64. The Balaban J connectivity index is 1.60. The van der Waals surface area contributed by atoms with Gasteiger partial charge in [-0.1, -0.05) is 0 Å². The molecule has 2 aromatic rings. The van der Waals surface area contributed by atoms with E-state index in [1.54, 1.807) is 28.4 Å². The molecule has 1 heterocycles. The predicted octanol–water partition coefficient (Wildman–Crippen LogP) is 3.47. The zero-order chi connectivity index (χ0) is 20.8. The predicted molar refractivity (Wildman–Crippen MR) is 116 cm³/mol. The highest BCUT2D eigenvalue weighted by Gasteiger charge is 2.24. The molecule has 1 saturated heterocycles. The van der Waals surface area contributed by atoms with Gasteiger partial charge in [0.15, 0.2) is 11.5 Å². The van der Waals surface area contributed by atoms with E-state index in [-0.39, 0.29) is 0 Å². The lowest BCUT2D eigenvalue weighted by Gasteiger charge is -2.41. The summed E-state index contributed by atoms with van der Waals surface area (Å²) in [6.07, 6.45) is 0.936. The Bertz CT molecular complexity index is 769. The Kier molecular flexibility index (Phi) is 7.09. The van der Waals surface area contributed by atoms with Gasteiger partial charge in [0, 0.05) is 37.9 Å². The Morgan fingerprint density at radius 3 is 2.03 bits per heavy atom. The fourth-order valence-corrected chi connectivity index (χ4v) is 3.96. The maximum atomic E-state index is 5.47. The molecule has 1 aliphatic heterocycles. The molecule has 0 spiro atoms. The third-order valence-electron chi connectivity index (χ3n) is 5.56. The molecule has 158 valence electrons. The maximum absolute atomic E-state index is 5.47. The smallest absolute Gasteiger partial charge is 0.203 e. The Labute approximate surface area is 173 Å². The van der Waals surface area contributed by atoms with Crippen LogP contribution in [0.4, 0.5) is 5.69 Å². The summed E-state index contributed by atoms with van der Waals surface area (Å²) >= 11 is 0. The van der Waals surface area contributed by atoms with E-state index < -0.39 is 0 Å². The van der Waals surface area contributed by atoms with Crippen molar-refractivity contribution in [2.45, 2.75) is 19.4 Å². The molecule has 0 saturated carbocycles. The number of hydrogen-bond acceptors (Lipinski definition) is 6. The van der Waals surface area contributed by atoms with Gasteiger partial charge in [-0.3, -0.25) is 4.90 Å². The molecular weight excluding hydrogens is 368 g/mol. The van der Waals surface area contributed by atoms with Crippen LogP contribution in [0.5, 0.6) is 23.0 Å². The Hall–Kier alpha value is -2.60. The highest BCUT2D eigenvalue weighted by Crippen LogP contribution is 2.38. The topological polar surface area (TPSA) is 43.4 Å². The monoisotopic (exact) mass is 400 g/mol. The first-order valence-corrected chi connectivity index (χ1v) is 10.0. The van der Waals surface area contributed by atoms with Crippen molar-refractivity contribution in [1.29, 1.82) is 0 Å². The van der Waals surface area contributed by atoms with Gasteiger partial charge in [-0.2, -0.15) is 0 Å². The molecule has 0 unspecified atom stereocenters. The first-order valence-electron chi connectivity index (χ1n) is 10.0. The third-order valence-corrected chi connectivity index (χ3v) is 5.56. The van der Waals surface area contributed by atoms with E-state index in [4.69, 9.17) is 18.9 Å². The second kappa shape index (κ2) is 9.74. The lowest BCUT2D eigenvalue weighted by atomic mass is 10.1. The fourth-order valence-electron chi connectivity index (χ4n) is 3.96. The van der Waals surface area contributed by atoms with Crippen LogP contribution in [0.15, 0.2) is 36.4 Å². The molecule has 2 aromatic carbocycles. The van der Waals surface area contributed by atoms with Crippen molar-refractivity contribution in [2.75, 3.05) is 59.5 Å². The molecule has 0 amide bonds. The highest BCUT2D eigenvalue weighted by atomic mass is 16.5. The summed E-state index contributed by atoms with van der Waals surface area (Å²) in [5.41, 5.74) is 2.44. The van der Waals surface area contributed by atoms with Crippen molar-refractivity contribution >= 4 is 5.69 Å². The van der Waals surface area contributed by atoms with Crippen LogP contribution in [0.1, 0.15) is 12.5 Å². The molecule has 0 aromatic heterocycles. The highest BCUT2D eigenvalue weighted by molar-refractivity contribution is 5.54. The summed E-state index contributed by atoms with van der Waals surface area (Å²) in [5.74, 6) is 2.95. The van der Waals surface area contributed by atoms with Crippen molar-refractivity contribution < 1.29 is 18.9 Å². The maximum Gasteiger partial charge on any atom is 0.203 e. The molecule has 1 aliphatic rings. The Morgan fingerprint density at radius 1 is 0.862 bits per heavy atom. The van der Waals surface area contributed by atoms with E-state index in [9.17, 15) is 0 Å². The van der Waals surface area contributed by atoms with Gasteiger partial charge in [-0.05, 0) is 55.3 Å². The number of piperazine rings is 1. The van der Waals surface area contributed by atoms with E-state index in [0.29, 0.717) is 23.3 Å². The summed E-state index contributed by atoms with van der Waals surface area (Å²) in [6.45, 7) is 6.38. The average Bonchev–Trinajstić information content (AvgIpc) is 2.77. The number of benzene rings is 2. The van der Waals surface area contributed by atoms with Crippen LogP contribution in [-0.4, -0.2) is 65.6 Å². The third kappa shape index (κ3) is 4.88. The first kappa shape index (κ1) is 21.1. The van der Waals surface area contributed by atoms with Crippen LogP contribution in [0.3, 0.4) is 0 Å². The van der Waals surface area contributed by atoms with Gasteiger partial charge in [0.1, 0.15) is 5.75 Å². The molecule has 6 heteroatoms. The molecule has 6 nitrogen and oxygen atoms in total. The van der Waals surface area contributed by atoms with Gasteiger partial charge in [0.2, 0.25) is 5.75 Å². The second-order valence-electron chi connectivity index (χ2n) is 7.32. The summed E-state index contributed by atoms with van der Waals surface area (Å²) in [6, 6.07) is 12.9. The first-order chi connectivity index (χ1) is 14.1. The number of rotatable bonds is 8. The van der Waals surface area contributed by atoms with E-state index in [1.165, 1.54) is 11.3 Å². The molecule has 29 heavy (non-hydrogen) atoms. The van der Waals surface area contributed by atoms with Crippen LogP contribution in [0, 0.1) is 0 Å². The molecule has 3 rings (SSSR count). The average molecular weight is 401 g/mol. The molecular formula is C23H32N2O4. The van der Waals surface area contributed by atoms with Crippen LogP contribution >= 0.6 is 0 Å². The van der Waals surface area contributed by atoms with Crippen molar-refractivity contribution in [3.63, 3.8) is 0 Å². The van der Waals surface area contributed by atoms with Gasteiger partial charge >= 0.3 is 0 Å². The van der Waals surface area contributed by atoms with E-state index >= 15 is 0 Å². The fraction of sp³-hybridized carbons (Fsp3) is 0.478. The van der Waals surface area contributed by atoms with Crippen molar-refractivity contribution in [3.05, 3.63) is 42.0 Å². The van der Waals surface area contributed by atoms with Gasteiger partial charge in [-0.15, -0.1) is 0 Å². The molecule has 0 radical (unpaired) electrons. The normalized spacial score (nSPS) is 17.1. The minimum Gasteiger partial charge on any atom is -0.497 e. The number of hydrogen-bond donors (Lipinski definition) is 0. The molecule has 0 aliphatic carbocycles. The van der Waals surface area contributed by atoms with Crippen molar-refractivity contribution in [1.82, 2.24) is 4.90 Å². The van der Waals surface area contributed by atoms with E-state index in [1.807, 2.05) is 24.3 Å². The largest absolute Gasteiger partial charge is 0.497 e. The number of methoxy groups -OCH3 is 4. The van der Waals surface area contributed by atoms with Crippen LogP contribution in [0.2, 0.25) is 0 Å². The second-order valence-corrected chi connectivity index (χ2v) is 7.32. The van der Waals surface area contributed by atoms with Crippen molar-refractivity contribution in [2.24, 2.45) is 0 Å². The molecule has 1 fully saturated rings. The SMILES string of the molecule is COc1ccc(N2CCN(CCc3cc(OC)c(OC)c(OC)c3)C[C@H]2C)cc1. The summed E-state index contributed by atoms with van der Waals surface area (Å²) < 4.78 is 21.6. The van der Waals surface area contributed by atoms with Gasteiger partial charge in [-0.25, -0.2) is 0 Å². The Morgan fingerprint density at radius 2 is 1.52 bits per heavy atom. The van der Waals surface area contributed by atoms with E-state index in [2.05, 4.69) is 28.9 Å². The number of nitrogens with zero attached hydrogens (tertiary/aromatic N) is 2.